The maximum absolute atomic E-state index is 13.0. The number of hydrogen-bond donors (Lipinski definition) is 5. The molecule has 2 heterocycles. The Balaban J connectivity index is 1.62. The van der Waals surface area contributed by atoms with Gasteiger partial charge in [-0.05, 0) is 75.4 Å². The molecule has 238 valence electrons. The molecule has 1 aromatic heterocycles. The minimum Gasteiger partial charge on any atom is -0.508 e. The second-order valence-corrected chi connectivity index (χ2v) is 11.7. The highest BCUT2D eigenvalue weighted by molar-refractivity contribution is 6.06. The van der Waals surface area contributed by atoms with Crippen LogP contribution in [0.2, 0.25) is 0 Å². The minimum absolute atomic E-state index is 0.0344. The van der Waals surface area contributed by atoms with Crippen LogP contribution in [-0.2, 0) is 20.6 Å². The molecule has 0 unspecified atom stereocenters. The van der Waals surface area contributed by atoms with E-state index >= 15 is 0 Å². The van der Waals surface area contributed by atoms with E-state index in [1.807, 2.05) is 13.8 Å². The number of carbonyl (C=O) groups excluding carboxylic acids is 2. The molecule has 2 aromatic carbocycles. The van der Waals surface area contributed by atoms with E-state index in [1.165, 1.54) is 37.4 Å². The van der Waals surface area contributed by atoms with Crippen molar-refractivity contribution >= 4 is 28.7 Å². The highest BCUT2D eigenvalue weighted by atomic mass is 16.7. The standard InChI is InChI=1S/C31H38N2O11/c1-14(2)7-8-16-13-17(9-11-19(16)34)27(37)33-21-22(35)18-10-12-20(15(3)24(18)42-28(21)38)41-29-23(36)25(43-30(32)39)26(40-6)31(4,5)44-29/h9-14,23,25-26,29,34-36H,7-8H2,1-6H3,(H2,32,39)(H,33,37)/t23-,25+,26+,29-/m1/s1. The molecule has 6 N–H and O–H groups in total. The van der Waals surface area contributed by atoms with Gasteiger partial charge in [0.2, 0.25) is 6.29 Å². The van der Waals surface area contributed by atoms with E-state index in [-0.39, 0.29) is 33.6 Å². The molecule has 0 bridgehead atoms. The summed E-state index contributed by atoms with van der Waals surface area (Å²) in [5, 5.41) is 34.6. The van der Waals surface area contributed by atoms with Crippen molar-refractivity contribution in [2.45, 2.75) is 77.7 Å². The lowest BCUT2D eigenvalue weighted by molar-refractivity contribution is -0.304. The first-order valence-corrected chi connectivity index (χ1v) is 14.1. The molecule has 0 saturated carbocycles. The molecular weight excluding hydrogens is 576 g/mol. The number of aromatic hydroxyl groups is 2. The zero-order chi connectivity index (χ0) is 32.5. The van der Waals surface area contributed by atoms with Gasteiger partial charge in [-0.1, -0.05) is 13.8 Å². The average molecular weight is 615 g/mol. The van der Waals surface area contributed by atoms with Crippen molar-refractivity contribution in [1.82, 2.24) is 0 Å². The number of anilines is 1. The summed E-state index contributed by atoms with van der Waals surface area (Å²) in [5.41, 5.74) is 3.65. The Morgan fingerprint density at radius 1 is 1.16 bits per heavy atom. The fourth-order valence-electron chi connectivity index (χ4n) is 5.23. The number of rotatable bonds is 9. The zero-order valence-corrected chi connectivity index (χ0v) is 25.4. The predicted molar refractivity (Wildman–Crippen MR) is 159 cm³/mol. The van der Waals surface area contributed by atoms with Crippen molar-refractivity contribution in [3.05, 3.63) is 57.4 Å². The largest absolute Gasteiger partial charge is 0.508 e. The molecule has 13 nitrogen and oxygen atoms in total. The maximum Gasteiger partial charge on any atom is 0.404 e. The van der Waals surface area contributed by atoms with Gasteiger partial charge in [-0.2, -0.15) is 0 Å². The fraction of sp³-hybridized carbons (Fsp3) is 0.452. The van der Waals surface area contributed by atoms with Crippen molar-refractivity contribution < 1.29 is 48.3 Å². The number of ether oxygens (including phenoxy) is 4. The third-order valence-electron chi connectivity index (χ3n) is 7.59. The van der Waals surface area contributed by atoms with Crippen LogP contribution in [0.25, 0.3) is 11.0 Å². The Bertz CT molecular complexity index is 1610. The molecule has 1 saturated heterocycles. The zero-order valence-electron chi connectivity index (χ0n) is 25.4. The SMILES string of the molecule is CO[C@H]1[C@@H](OC(N)=O)[C@@H](O)[C@H](Oc2ccc3c(O)c(NC(=O)c4ccc(O)c(CCC(C)C)c4)c(=O)oc3c2C)OC1(C)C. The summed E-state index contributed by atoms with van der Waals surface area (Å²) in [5.74, 6) is -0.617. The summed E-state index contributed by atoms with van der Waals surface area (Å²) in [6.07, 6.45) is -4.72. The van der Waals surface area contributed by atoms with Crippen molar-refractivity contribution in [3.63, 3.8) is 0 Å². The molecule has 3 aromatic rings. The lowest BCUT2D eigenvalue weighted by Crippen LogP contribution is -2.65. The Kier molecular flexibility index (Phi) is 9.42. The van der Waals surface area contributed by atoms with Crippen LogP contribution >= 0.6 is 0 Å². The number of aliphatic hydroxyl groups excluding tert-OH is 1. The lowest BCUT2D eigenvalue weighted by atomic mass is 9.89. The topological polar surface area (TPSA) is 200 Å². The third kappa shape index (κ3) is 6.59. The molecular formula is C31H38N2O11. The van der Waals surface area contributed by atoms with E-state index in [2.05, 4.69) is 5.32 Å². The van der Waals surface area contributed by atoms with E-state index in [4.69, 9.17) is 29.1 Å². The number of hydrogen-bond acceptors (Lipinski definition) is 11. The van der Waals surface area contributed by atoms with E-state index in [1.54, 1.807) is 20.8 Å². The molecule has 0 aliphatic carbocycles. The van der Waals surface area contributed by atoms with E-state index in [0.717, 1.165) is 6.42 Å². The van der Waals surface area contributed by atoms with Gasteiger partial charge >= 0.3 is 11.7 Å². The third-order valence-corrected chi connectivity index (χ3v) is 7.59. The molecule has 2 amide bonds. The normalized spacial score (nSPS) is 21.3. The van der Waals surface area contributed by atoms with E-state index in [0.29, 0.717) is 17.9 Å². The van der Waals surface area contributed by atoms with Gasteiger partial charge in [-0.3, -0.25) is 4.79 Å². The average Bonchev–Trinajstić information content (AvgIpc) is 2.94. The fourth-order valence-corrected chi connectivity index (χ4v) is 5.23. The van der Waals surface area contributed by atoms with Crippen LogP contribution in [-0.4, -0.2) is 64.6 Å². The monoisotopic (exact) mass is 614 g/mol. The van der Waals surface area contributed by atoms with Gasteiger partial charge in [0.15, 0.2) is 23.6 Å². The van der Waals surface area contributed by atoms with Gasteiger partial charge in [0, 0.05) is 18.2 Å². The van der Waals surface area contributed by atoms with Gasteiger partial charge in [-0.25, -0.2) is 9.59 Å². The summed E-state index contributed by atoms with van der Waals surface area (Å²) < 4.78 is 27.9. The van der Waals surface area contributed by atoms with Crippen LogP contribution in [0.3, 0.4) is 0 Å². The highest BCUT2D eigenvalue weighted by Gasteiger charge is 2.53. The van der Waals surface area contributed by atoms with Gasteiger partial charge in [0.05, 0.1) is 11.0 Å². The summed E-state index contributed by atoms with van der Waals surface area (Å²) in [6, 6.07) is 7.22. The maximum atomic E-state index is 13.0. The molecule has 13 heteroatoms. The first-order chi connectivity index (χ1) is 20.6. The van der Waals surface area contributed by atoms with Gasteiger partial charge in [0.1, 0.15) is 23.2 Å². The van der Waals surface area contributed by atoms with E-state index in [9.17, 15) is 29.7 Å². The smallest absolute Gasteiger partial charge is 0.404 e. The van der Waals surface area contributed by atoms with Crippen molar-refractivity contribution in [2.75, 3.05) is 12.4 Å². The minimum atomic E-state index is -1.51. The molecule has 0 radical (unpaired) electrons. The summed E-state index contributed by atoms with van der Waals surface area (Å²) in [6.45, 7) is 8.97. The molecule has 44 heavy (non-hydrogen) atoms. The van der Waals surface area contributed by atoms with Crippen LogP contribution in [0.1, 0.15) is 55.6 Å². The Labute approximate surface area is 253 Å². The number of phenolic OH excluding ortho intramolecular Hbond substituents is 1. The molecule has 1 aliphatic heterocycles. The van der Waals surface area contributed by atoms with Crippen LogP contribution in [0.4, 0.5) is 10.5 Å². The number of phenols is 1. The van der Waals surface area contributed by atoms with Crippen LogP contribution in [0.15, 0.2) is 39.5 Å². The molecule has 0 spiro atoms. The highest BCUT2D eigenvalue weighted by Crippen LogP contribution is 2.38. The molecule has 1 fully saturated rings. The number of benzene rings is 2. The van der Waals surface area contributed by atoms with Crippen LogP contribution in [0, 0.1) is 12.8 Å². The van der Waals surface area contributed by atoms with Crippen molar-refractivity contribution in [2.24, 2.45) is 11.7 Å². The number of methoxy groups -OCH3 is 1. The van der Waals surface area contributed by atoms with Gasteiger partial charge in [-0.15, -0.1) is 0 Å². The first kappa shape index (κ1) is 32.6. The number of primary amides is 1. The van der Waals surface area contributed by atoms with Crippen LogP contribution in [0.5, 0.6) is 17.2 Å². The number of fused-ring (bicyclic) bond motifs is 1. The number of aliphatic hydroxyl groups is 1. The Hall–Kier alpha value is -4.33. The number of amides is 2. The number of carbonyl (C=O) groups is 2. The van der Waals surface area contributed by atoms with Gasteiger partial charge in [0.25, 0.3) is 5.91 Å². The van der Waals surface area contributed by atoms with Crippen molar-refractivity contribution in [3.8, 4) is 17.2 Å². The lowest BCUT2D eigenvalue weighted by Gasteiger charge is -2.47. The summed E-state index contributed by atoms with van der Waals surface area (Å²) in [7, 11) is 1.37. The first-order valence-electron chi connectivity index (χ1n) is 14.1. The summed E-state index contributed by atoms with van der Waals surface area (Å²) in [4.78, 5) is 37.5. The Morgan fingerprint density at radius 3 is 2.50 bits per heavy atom. The number of aryl methyl sites for hydroxylation is 2. The molecule has 1 aliphatic rings. The second kappa shape index (κ2) is 12.7. The Morgan fingerprint density at radius 2 is 1.86 bits per heavy atom. The van der Waals surface area contributed by atoms with Gasteiger partial charge < -0.3 is 49.7 Å². The van der Waals surface area contributed by atoms with E-state index < -0.39 is 59.3 Å². The van der Waals surface area contributed by atoms with Crippen molar-refractivity contribution in [1.29, 1.82) is 0 Å². The predicted octanol–water partition coefficient (Wildman–Crippen LogP) is 3.71. The summed E-state index contributed by atoms with van der Waals surface area (Å²) >= 11 is 0. The molecule has 4 atom stereocenters. The number of nitrogens with one attached hydrogen (secondary N) is 1. The second-order valence-electron chi connectivity index (χ2n) is 11.7. The quantitative estimate of drug-likeness (QED) is 0.220. The number of nitrogens with two attached hydrogens (primary N) is 1. The molecule has 4 rings (SSSR count). The van der Waals surface area contributed by atoms with Crippen LogP contribution < -0.4 is 21.4 Å².